The smallest absolute Gasteiger partial charge is 0.267 e. The lowest BCUT2D eigenvalue weighted by Gasteiger charge is -2.30. The van der Waals surface area contributed by atoms with Crippen LogP contribution in [0.2, 0.25) is 0 Å². The molecule has 0 amide bonds. The van der Waals surface area contributed by atoms with Crippen molar-refractivity contribution in [1.29, 1.82) is 0 Å². The molecule has 1 aromatic carbocycles. The molecular weight excluding hydrogens is 370 g/mol. The Balaban J connectivity index is 2.31. The van der Waals surface area contributed by atoms with E-state index in [-0.39, 0.29) is 0 Å². The second-order valence-electron chi connectivity index (χ2n) is 8.64. The minimum atomic E-state index is -3.99. The topological polar surface area (TPSA) is 54.4 Å². The van der Waals surface area contributed by atoms with Crippen molar-refractivity contribution in [3.05, 3.63) is 30.3 Å². The zero-order chi connectivity index (χ0) is 20.9. The van der Waals surface area contributed by atoms with Gasteiger partial charge in [-0.25, -0.2) is 0 Å². The fraction of sp³-hybridized carbons (Fsp3) is 0.739. The first-order chi connectivity index (χ1) is 13.3. The summed E-state index contributed by atoms with van der Waals surface area (Å²) in [7, 11) is 0.171. The fourth-order valence-electron chi connectivity index (χ4n) is 3.73. The van der Waals surface area contributed by atoms with E-state index in [0.717, 1.165) is 24.9 Å². The highest BCUT2D eigenvalue weighted by Gasteiger charge is 2.27. The zero-order valence-electron chi connectivity index (χ0n) is 18.3. The largest absolute Gasteiger partial charge is 0.296 e. The molecule has 5 heteroatoms. The van der Waals surface area contributed by atoms with E-state index in [4.69, 9.17) is 0 Å². The average molecular weight is 413 g/mol. The summed E-state index contributed by atoms with van der Waals surface area (Å²) >= 11 is 0. The quantitative estimate of drug-likeness (QED) is 0.199. The fourth-order valence-corrected chi connectivity index (χ4v) is 4.60. The molecule has 0 saturated heterocycles. The van der Waals surface area contributed by atoms with Gasteiger partial charge in [-0.05, 0) is 18.6 Å². The van der Waals surface area contributed by atoms with E-state index >= 15 is 0 Å². The van der Waals surface area contributed by atoms with Crippen molar-refractivity contribution in [3.63, 3.8) is 0 Å². The second kappa shape index (κ2) is 13.3. The lowest BCUT2D eigenvalue weighted by Crippen LogP contribution is -2.43. The van der Waals surface area contributed by atoms with Crippen LogP contribution < -0.4 is 4.48 Å². The molecule has 0 aliphatic rings. The number of nitrogens with zero attached hydrogens (tertiary/aromatic N) is 1. The molecule has 1 aromatic rings. The molecule has 0 bridgehead atoms. The monoisotopic (exact) mass is 412 g/mol. The highest BCUT2D eigenvalue weighted by atomic mass is 32.2. The molecule has 0 saturated carbocycles. The summed E-state index contributed by atoms with van der Waals surface area (Å²) in [5, 5.41) is -0.650. The zero-order valence-corrected chi connectivity index (χ0v) is 19.1. The summed E-state index contributed by atoms with van der Waals surface area (Å²) in [5.41, 5.74) is 1.15. The number of para-hydroxylation sites is 1. The SMILES string of the molecule is CCCCCCCCCCCCC(CC[N+](C)(C)c1ccccc1)S(=O)(=O)O. The number of hydrogen-bond donors (Lipinski definition) is 1. The number of quaternary nitrogens is 1. The maximum absolute atomic E-state index is 11.8. The molecule has 162 valence electrons. The molecule has 0 spiro atoms. The Bertz CT molecular complexity index is 614. The molecule has 0 aliphatic heterocycles. The van der Waals surface area contributed by atoms with E-state index in [9.17, 15) is 13.0 Å². The standard InChI is InChI=1S/C23H41NO3S/c1-4-5-6-7-8-9-10-11-12-16-19-23(28(25,26)27)20-21-24(2,3)22-17-14-13-15-18-22/h13-15,17-18,23H,4-12,16,19-21H2,1-3H3/p+1. The van der Waals surface area contributed by atoms with Crippen LogP contribution in [0.15, 0.2) is 30.3 Å². The number of benzene rings is 1. The van der Waals surface area contributed by atoms with Crippen LogP contribution in [0.3, 0.4) is 0 Å². The van der Waals surface area contributed by atoms with Gasteiger partial charge in [0.1, 0.15) is 5.69 Å². The summed E-state index contributed by atoms with van der Waals surface area (Å²) in [5.74, 6) is 0. The van der Waals surface area contributed by atoms with Gasteiger partial charge in [-0.1, -0.05) is 89.3 Å². The van der Waals surface area contributed by atoms with Crippen molar-refractivity contribution in [1.82, 2.24) is 4.48 Å². The van der Waals surface area contributed by atoms with Gasteiger partial charge in [0, 0.05) is 6.42 Å². The summed E-state index contributed by atoms with van der Waals surface area (Å²) < 4.78 is 33.9. The van der Waals surface area contributed by atoms with Gasteiger partial charge in [-0.15, -0.1) is 0 Å². The normalized spacial score (nSPS) is 13.6. The molecule has 0 radical (unpaired) electrons. The first kappa shape index (κ1) is 25.1. The molecule has 1 rings (SSSR count). The molecular formula is C23H42NO3S+. The Labute approximate surface area is 173 Å². The molecule has 1 unspecified atom stereocenters. The van der Waals surface area contributed by atoms with Crippen LogP contribution in [0.25, 0.3) is 0 Å². The van der Waals surface area contributed by atoms with Gasteiger partial charge in [0.25, 0.3) is 10.1 Å². The first-order valence-corrected chi connectivity index (χ1v) is 12.6. The third-order valence-corrected chi connectivity index (χ3v) is 7.08. The average Bonchev–Trinajstić information content (AvgIpc) is 2.65. The summed E-state index contributed by atoms with van der Waals surface area (Å²) in [6, 6.07) is 10.1. The highest BCUT2D eigenvalue weighted by molar-refractivity contribution is 7.86. The van der Waals surface area contributed by atoms with E-state index in [0.29, 0.717) is 23.9 Å². The molecule has 0 aliphatic carbocycles. The van der Waals surface area contributed by atoms with Crippen LogP contribution >= 0.6 is 0 Å². The minimum absolute atomic E-state index is 0.484. The number of rotatable bonds is 16. The predicted octanol–water partition coefficient (Wildman–Crippen LogP) is 6.21. The van der Waals surface area contributed by atoms with Gasteiger partial charge < -0.3 is 0 Å². The Hall–Kier alpha value is -0.910. The number of unbranched alkanes of at least 4 members (excludes halogenated alkanes) is 9. The Morgan fingerprint density at radius 1 is 0.821 bits per heavy atom. The van der Waals surface area contributed by atoms with Crippen LogP contribution in [-0.4, -0.2) is 38.9 Å². The molecule has 0 fully saturated rings. The van der Waals surface area contributed by atoms with E-state index < -0.39 is 15.4 Å². The summed E-state index contributed by atoms with van der Waals surface area (Å²) in [6.07, 6.45) is 13.3. The predicted molar refractivity (Wildman–Crippen MR) is 121 cm³/mol. The van der Waals surface area contributed by atoms with Crippen LogP contribution in [0.1, 0.15) is 84.0 Å². The Morgan fingerprint density at radius 2 is 1.32 bits per heavy atom. The van der Waals surface area contributed by atoms with Gasteiger partial charge in [-0.3, -0.25) is 9.04 Å². The van der Waals surface area contributed by atoms with Gasteiger partial charge >= 0.3 is 0 Å². The lowest BCUT2D eigenvalue weighted by molar-refractivity contribution is 0.371. The van der Waals surface area contributed by atoms with Crippen LogP contribution in [0.4, 0.5) is 5.69 Å². The van der Waals surface area contributed by atoms with Crippen molar-refractivity contribution in [3.8, 4) is 0 Å². The molecule has 1 atom stereocenters. The van der Waals surface area contributed by atoms with E-state index in [1.165, 1.54) is 44.9 Å². The third kappa shape index (κ3) is 10.6. The van der Waals surface area contributed by atoms with Gasteiger partial charge in [0.2, 0.25) is 0 Å². The number of hydrogen-bond acceptors (Lipinski definition) is 2. The minimum Gasteiger partial charge on any atom is -0.296 e. The Morgan fingerprint density at radius 3 is 1.82 bits per heavy atom. The van der Waals surface area contributed by atoms with Crippen molar-refractivity contribution >= 4 is 15.8 Å². The van der Waals surface area contributed by atoms with Crippen molar-refractivity contribution < 1.29 is 13.0 Å². The third-order valence-electron chi connectivity index (χ3n) is 5.77. The lowest BCUT2D eigenvalue weighted by atomic mass is 10.0. The van der Waals surface area contributed by atoms with Crippen LogP contribution in [-0.2, 0) is 10.1 Å². The summed E-state index contributed by atoms with van der Waals surface area (Å²) in [4.78, 5) is 0. The van der Waals surface area contributed by atoms with Gasteiger partial charge in [-0.2, -0.15) is 8.42 Å². The molecule has 4 nitrogen and oxygen atoms in total. The second-order valence-corrected chi connectivity index (χ2v) is 10.3. The van der Waals surface area contributed by atoms with Crippen LogP contribution in [0, 0.1) is 0 Å². The van der Waals surface area contributed by atoms with Crippen LogP contribution in [0.5, 0.6) is 0 Å². The van der Waals surface area contributed by atoms with Gasteiger partial charge in [0.05, 0.1) is 25.9 Å². The first-order valence-electron chi connectivity index (χ1n) is 11.1. The molecule has 0 aromatic heterocycles. The Kier molecular flexibility index (Phi) is 12.0. The van der Waals surface area contributed by atoms with Crippen molar-refractivity contribution in [2.45, 2.75) is 89.2 Å². The maximum Gasteiger partial charge on any atom is 0.267 e. The molecule has 1 N–H and O–H groups in total. The molecule has 28 heavy (non-hydrogen) atoms. The van der Waals surface area contributed by atoms with Crippen molar-refractivity contribution in [2.24, 2.45) is 0 Å². The highest BCUT2D eigenvalue weighted by Crippen LogP contribution is 2.22. The van der Waals surface area contributed by atoms with E-state index in [2.05, 4.69) is 33.2 Å². The molecule has 0 heterocycles. The van der Waals surface area contributed by atoms with E-state index in [1.807, 2.05) is 18.2 Å². The van der Waals surface area contributed by atoms with Crippen molar-refractivity contribution in [2.75, 3.05) is 20.6 Å². The summed E-state index contributed by atoms with van der Waals surface area (Å²) in [6.45, 7) is 2.92. The van der Waals surface area contributed by atoms with E-state index in [1.54, 1.807) is 0 Å². The van der Waals surface area contributed by atoms with Gasteiger partial charge in [0.15, 0.2) is 0 Å². The maximum atomic E-state index is 11.8.